The van der Waals surface area contributed by atoms with Gasteiger partial charge in [-0.1, -0.05) is 23.7 Å². The lowest BCUT2D eigenvalue weighted by atomic mass is 10.1. The van der Waals surface area contributed by atoms with E-state index in [1.54, 1.807) is 0 Å². The van der Waals surface area contributed by atoms with Gasteiger partial charge in [-0.15, -0.1) is 0 Å². The Morgan fingerprint density at radius 1 is 1.50 bits per heavy atom. The normalized spacial score (nSPS) is 10.7. The maximum atomic E-state index is 10.2. The predicted molar refractivity (Wildman–Crippen MR) is 66.2 cm³/mol. The van der Waals surface area contributed by atoms with Gasteiger partial charge in [-0.3, -0.25) is 0 Å². The summed E-state index contributed by atoms with van der Waals surface area (Å²) in [4.78, 5) is 10.2. The second-order valence-electron chi connectivity index (χ2n) is 3.56. The molecule has 1 aromatic carbocycles. The van der Waals surface area contributed by atoms with Gasteiger partial charge in [-0.2, -0.15) is 0 Å². The monoisotopic (exact) mass is 239 g/mol. The Morgan fingerprint density at radius 2 is 2.19 bits per heavy atom. The molecule has 0 bridgehead atoms. The topological polar surface area (TPSA) is 49.3 Å². The van der Waals surface area contributed by atoms with Crippen LogP contribution in [0, 0.1) is 13.8 Å². The third-order valence-corrected chi connectivity index (χ3v) is 2.39. The second-order valence-corrected chi connectivity index (χ2v) is 3.97. The molecule has 0 saturated carbocycles. The van der Waals surface area contributed by atoms with Crippen LogP contribution in [0.25, 0.3) is 0 Å². The van der Waals surface area contributed by atoms with E-state index in [1.165, 1.54) is 6.08 Å². The molecular weight excluding hydrogens is 226 g/mol. The van der Waals surface area contributed by atoms with Gasteiger partial charge in [0.05, 0.1) is 10.7 Å². The van der Waals surface area contributed by atoms with Crippen LogP contribution in [0.15, 0.2) is 24.3 Å². The van der Waals surface area contributed by atoms with Crippen molar-refractivity contribution < 1.29 is 9.90 Å². The Labute approximate surface area is 99.7 Å². The average molecular weight is 240 g/mol. The van der Waals surface area contributed by atoms with Crippen molar-refractivity contribution in [3.05, 3.63) is 40.4 Å². The molecule has 1 aromatic rings. The number of hydrogen-bond donors (Lipinski definition) is 2. The maximum Gasteiger partial charge on any atom is 0.328 e. The Kier molecular flexibility index (Phi) is 4.38. The predicted octanol–water partition coefficient (Wildman–Crippen LogP) is 3.01. The molecule has 0 aliphatic rings. The van der Waals surface area contributed by atoms with Gasteiger partial charge in [0.2, 0.25) is 0 Å². The standard InChI is InChI=1S/C12H14ClNO2/c1-8-6-9(2)12(10(13)7-8)14-5-3-4-11(15)16/h3-4,6-7,14H,5H2,1-2H3,(H,15,16)/b4-3+. The summed E-state index contributed by atoms with van der Waals surface area (Å²) in [5.41, 5.74) is 3.00. The number of nitrogens with one attached hydrogen (secondary N) is 1. The molecule has 0 aliphatic heterocycles. The van der Waals surface area contributed by atoms with E-state index in [-0.39, 0.29) is 0 Å². The van der Waals surface area contributed by atoms with Gasteiger partial charge in [-0.05, 0) is 31.0 Å². The first kappa shape index (κ1) is 12.6. The van der Waals surface area contributed by atoms with Gasteiger partial charge in [0, 0.05) is 12.6 Å². The van der Waals surface area contributed by atoms with E-state index in [2.05, 4.69) is 5.32 Å². The summed E-state index contributed by atoms with van der Waals surface area (Å²) in [6, 6.07) is 3.90. The van der Waals surface area contributed by atoms with Crippen molar-refractivity contribution in [1.82, 2.24) is 0 Å². The van der Waals surface area contributed by atoms with Crippen LogP contribution in [-0.4, -0.2) is 17.6 Å². The molecule has 0 aromatic heterocycles. The lowest BCUT2D eigenvalue weighted by molar-refractivity contribution is -0.131. The molecule has 0 aliphatic carbocycles. The minimum atomic E-state index is -0.950. The molecule has 4 heteroatoms. The molecule has 1 rings (SSSR count). The molecule has 0 heterocycles. The quantitative estimate of drug-likeness (QED) is 0.794. The maximum absolute atomic E-state index is 10.2. The SMILES string of the molecule is Cc1cc(C)c(NC/C=C/C(=O)O)c(Cl)c1. The van der Waals surface area contributed by atoms with Crippen LogP contribution in [0.2, 0.25) is 5.02 Å². The highest BCUT2D eigenvalue weighted by molar-refractivity contribution is 6.33. The first-order valence-corrected chi connectivity index (χ1v) is 5.28. The van der Waals surface area contributed by atoms with Crippen molar-refractivity contribution in [1.29, 1.82) is 0 Å². The fourth-order valence-electron chi connectivity index (χ4n) is 1.46. The second kappa shape index (κ2) is 5.56. The molecule has 0 fully saturated rings. The zero-order chi connectivity index (χ0) is 12.1. The molecule has 2 N–H and O–H groups in total. The van der Waals surface area contributed by atoms with E-state index >= 15 is 0 Å². The van der Waals surface area contributed by atoms with Crippen LogP contribution in [0.4, 0.5) is 5.69 Å². The zero-order valence-electron chi connectivity index (χ0n) is 9.25. The number of carbonyl (C=O) groups is 1. The summed E-state index contributed by atoms with van der Waals surface area (Å²) in [6.07, 6.45) is 2.64. The van der Waals surface area contributed by atoms with E-state index in [0.29, 0.717) is 11.6 Å². The number of rotatable bonds is 4. The fourth-order valence-corrected chi connectivity index (χ4v) is 1.85. The van der Waals surface area contributed by atoms with E-state index in [4.69, 9.17) is 16.7 Å². The lowest BCUT2D eigenvalue weighted by Crippen LogP contribution is -2.02. The summed E-state index contributed by atoms with van der Waals surface area (Å²) < 4.78 is 0. The van der Waals surface area contributed by atoms with Crippen LogP contribution in [-0.2, 0) is 4.79 Å². The van der Waals surface area contributed by atoms with E-state index < -0.39 is 5.97 Å². The van der Waals surface area contributed by atoms with Gasteiger partial charge in [0.25, 0.3) is 0 Å². The number of aliphatic carboxylic acids is 1. The largest absolute Gasteiger partial charge is 0.478 e. The molecule has 0 atom stereocenters. The minimum Gasteiger partial charge on any atom is -0.478 e. The molecule has 0 amide bonds. The summed E-state index contributed by atoms with van der Waals surface area (Å²) in [5, 5.41) is 12.2. The van der Waals surface area contributed by atoms with Crippen molar-refractivity contribution in [2.75, 3.05) is 11.9 Å². The Morgan fingerprint density at radius 3 is 2.75 bits per heavy atom. The summed E-state index contributed by atoms with van der Waals surface area (Å²) in [5.74, 6) is -0.950. The van der Waals surface area contributed by atoms with E-state index in [9.17, 15) is 4.79 Å². The fraction of sp³-hybridized carbons (Fsp3) is 0.250. The number of anilines is 1. The van der Waals surface area contributed by atoms with E-state index in [1.807, 2.05) is 26.0 Å². The number of hydrogen-bond acceptors (Lipinski definition) is 2. The van der Waals surface area contributed by atoms with E-state index in [0.717, 1.165) is 22.9 Å². The molecule has 3 nitrogen and oxygen atoms in total. The highest BCUT2D eigenvalue weighted by Gasteiger charge is 2.03. The van der Waals surface area contributed by atoms with Crippen molar-refractivity contribution in [2.24, 2.45) is 0 Å². The lowest BCUT2D eigenvalue weighted by Gasteiger charge is -2.10. The molecular formula is C12H14ClNO2. The van der Waals surface area contributed by atoms with Crippen LogP contribution >= 0.6 is 11.6 Å². The number of carboxylic acid groups (broad SMARTS) is 1. The number of halogens is 1. The Bertz CT molecular complexity index is 404. The Hall–Kier alpha value is -1.48. The highest BCUT2D eigenvalue weighted by atomic mass is 35.5. The van der Waals surface area contributed by atoms with Gasteiger partial charge in [0.15, 0.2) is 0 Å². The summed E-state index contributed by atoms with van der Waals surface area (Å²) in [6.45, 7) is 4.38. The molecule has 0 radical (unpaired) electrons. The third-order valence-electron chi connectivity index (χ3n) is 2.09. The van der Waals surface area contributed by atoms with Gasteiger partial charge in [-0.25, -0.2) is 4.79 Å². The third kappa shape index (κ3) is 3.59. The summed E-state index contributed by atoms with van der Waals surface area (Å²) in [7, 11) is 0. The van der Waals surface area contributed by atoms with Gasteiger partial charge >= 0.3 is 5.97 Å². The van der Waals surface area contributed by atoms with Crippen LogP contribution < -0.4 is 5.32 Å². The molecule has 0 saturated heterocycles. The first-order chi connectivity index (χ1) is 7.50. The van der Waals surface area contributed by atoms with Gasteiger partial charge in [0.1, 0.15) is 0 Å². The average Bonchev–Trinajstić information content (AvgIpc) is 2.14. The number of benzene rings is 1. The molecule has 0 spiro atoms. The smallest absolute Gasteiger partial charge is 0.328 e. The Balaban J connectivity index is 2.71. The van der Waals surface area contributed by atoms with Crippen LogP contribution in [0.1, 0.15) is 11.1 Å². The van der Waals surface area contributed by atoms with Gasteiger partial charge < -0.3 is 10.4 Å². The van der Waals surface area contributed by atoms with Crippen LogP contribution in [0.3, 0.4) is 0 Å². The minimum absolute atomic E-state index is 0.440. The van der Waals surface area contributed by atoms with Crippen molar-refractivity contribution >= 4 is 23.3 Å². The molecule has 16 heavy (non-hydrogen) atoms. The molecule has 0 unspecified atom stereocenters. The van der Waals surface area contributed by atoms with Crippen LogP contribution in [0.5, 0.6) is 0 Å². The molecule has 86 valence electrons. The van der Waals surface area contributed by atoms with Crippen molar-refractivity contribution in [3.8, 4) is 0 Å². The summed E-state index contributed by atoms with van der Waals surface area (Å²) >= 11 is 6.07. The highest BCUT2D eigenvalue weighted by Crippen LogP contribution is 2.26. The number of carboxylic acids is 1. The zero-order valence-corrected chi connectivity index (χ0v) is 10.0. The van der Waals surface area contributed by atoms with Crippen molar-refractivity contribution in [3.63, 3.8) is 0 Å². The number of aryl methyl sites for hydroxylation is 2. The van der Waals surface area contributed by atoms with Crippen molar-refractivity contribution in [2.45, 2.75) is 13.8 Å². The first-order valence-electron chi connectivity index (χ1n) is 4.91.